The van der Waals surface area contributed by atoms with Crippen LogP contribution in [0.15, 0.2) is 71.1 Å². The molecule has 6 heteroatoms. The number of nitrogens with one attached hydrogen (secondary N) is 2. The van der Waals surface area contributed by atoms with Crippen molar-refractivity contribution in [2.45, 2.75) is 31.3 Å². The van der Waals surface area contributed by atoms with Crippen molar-refractivity contribution in [3.63, 3.8) is 0 Å². The lowest BCUT2D eigenvalue weighted by Crippen LogP contribution is -2.48. The molecule has 1 heterocycles. The van der Waals surface area contributed by atoms with E-state index in [9.17, 15) is 9.59 Å². The fourth-order valence-electron chi connectivity index (χ4n) is 3.08. The molecule has 5 nitrogen and oxygen atoms in total. The zero-order chi connectivity index (χ0) is 20.2. The largest absolute Gasteiger partial charge is 0.451 e. The molecule has 0 aliphatic heterocycles. The first-order valence-corrected chi connectivity index (χ1v) is 9.98. The van der Waals surface area contributed by atoms with E-state index in [4.69, 9.17) is 16.0 Å². The molecule has 0 spiro atoms. The van der Waals surface area contributed by atoms with Gasteiger partial charge < -0.3 is 15.1 Å². The Kier molecular flexibility index (Phi) is 5.67. The van der Waals surface area contributed by atoms with Gasteiger partial charge in [0, 0.05) is 18.0 Å². The van der Waals surface area contributed by atoms with Gasteiger partial charge in [0.05, 0.1) is 5.02 Å². The molecule has 2 aromatic carbocycles. The number of hydrogen-bond donors (Lipinski definition) is 2. The van der Waals surface area contributed by atoms with E-state index in [-0.39, 0.29) is 17.7 Å². The zero-order valence-electron chi connectivity index (χ0n) is 15.7. The summed E-state index contributed by atoms with van der Waals surface area (Å²) >= 11 is 6.20. The van der Waals surface area contributed by atoms with Gasteiger partial charge in [0.15, 0.2) is 5.76 Å². The minimum absolute atomic E-state index is 0.136. The number of amides is 2. The molecule has 1 aliphatic rings. The van der Waals surface area contributed by atoms with Crippen molar-refractivity contribution in [3.05, 3.63) is 83.1 Å². The van der Waals surface area contributed by atoms with Crippen molar-refractivity contribution >= 4 is 23.4 Å². The fourth-order valence-corrected chi connectivity index (χ4v) is 3.31. The Balaban J connectivity index is 1.50. The number of hydrogen-bond acceptors (Lipinski definition) is 3. The van der Waals surface area contributed by atoms with Crippen LogP contribution in [0.1, 0.15) is 29.0 Å². The minimum atomic E-state index is -0.681. The van der Waals surface area contributed by atoms with Crippen LogP contribution >= 0.6 is 11.6 Å². The third-order valence-corrected chi connectivity index (χ3v) is 5.13. The third-order valence-electron chi connectivity index (χ3n) is 4.80. The van der Waals surface area contributed by atoms with Crippen LogP contribution in [0.3, 0.4) is 0 Å². The maximum atomic E-state index is 12.8. The lowest BCUT2D eigenvalue weighted by molar-refractivity contribution is -0.123. The maximum Gasteiger partial charge on any atom is 0.287 e. The molecule has 1 aliphatic carbocycles. The number of rotatable bonds is 7. The number of carbonyl (C=O) groups is 2. The van der Waals surface area contributed by atoms with Crippen LogP contribution < -0.4 is 10.6 Å². The highest BCUT2D eigenvalue weighted by Crippen LogP contribution is 2.29. The lowest BCUT2D eigenvalue weighted by Gasteiger charge is -2.18. The molecule has 2 amide bonds. The van der Waals surface area contributed by atoms with Gasteiger partial charge in [-0.05, 0) is 42.7 Å². The van der Waals surface area contributed by atoms with E-state index >= 15 is 0 Å². The second-order valence-corrected chi connectivity index (χ2v) is 7.55. The van der Waals surface area contributed by atoms with E-state index in [0.717, 1.165) is 18.4 Å². The Labute approximate surface area is 174 Å². The molecule has 1 saturated carbocycles. The summed E-state index contributed by atoms with van der Waals surface area (Å²) in [6, 6.07) is 19.7. The molecule has 148 valence electrons. The van der Waals surface area contributed by atoms with Gasteiger partial charge >= 0.3 is 0 Å². The molecule has 29 heavy (non-hydrogen) atoms. The summed E-state index contributed by atoms with van der Waals surface area (Å²) in [5.41, 5.74) is 1.68. The number of benzene rings is 2. The maximum absolute atomic E-state index is 12.8. The molecule has 1 fully saturated rings. The summed E-state index contributed by atoms with van der Waals surface area (Å²) in [4.78, 5) is 25.4. The topological polar surface area (TPSA) is 71.3 Å². The van der Waals surface area contributed by atoms with E-state index in [2.05, 4.69) is 10.6 Å². The van der Waals surface area contributed by atoms with Crippen LogP contribution in [-0.2, 0) is 11.2 Å². The fraction of sp³-hybridized carbons (Fsp3) is 0.217. The molecule has 3 aromatic rings. The van der Waals surface area contributed by atoms with Crippen molar-refractivity contribution in [2.24, 2.45) is 0 Å². The van der Waals surface area contributed by atoms with E-state index in [1.807, 2.05) is 48.5 Å². The normalized spacial score (nSPS) is 14.2. The Hall–Kier alpha value is -3.05. The van der Waals surface area contributed by atoms with Gasteiger partial charge in [-0.25, -0.2) is 0 Å². The summed E-state index contributed by atoms with van der Waals surface area (Å²) in [6.45, 7) is 0. The van der Waals surface area contributed by atoms with Crippen LogP contribution in [0.2, 0.25) is 5.02 Å². The van der Waals surface area contributed by atoms with Gasteiger partial charge in [-0.3, -0.25) is 9.59 Å². The monoisotopic (exact) mass is 408 g/mol. The van der Waals surface area contributed by atoms with Crippen LogP contribution in [0.4, 0.5) is 0 Å². The van der Waals surface area contributed by atoms with Crippen LogP contribution in [-0.4, -0.2) is 23.9 Å². The van der Waals surface area contributed by atoms with E-state index in [1.54, 1.807) is 18.2 Å². The van der Waals surface area contributed by atoms with Gasteiger partial charge in [-0.2, -0.15) is 0 Å². The quantitative estimate of drug-likeness (QED) is 0.614. The summed E-state index contributed by atoms with van der Waals surface area (Å²) < 4.78 is 5.71. The van der Waals surface area contributed by atoms with Crippen molar-refractivity contribution in [1.82, 2.24) is 10.6 Å². The van der Waals surface area contributed by atoms with Crippen LogP contribution in [0, 0.1) is 0 Å². The number of halogens is 1. The highest BCUT2D eigenvalue weighted by Gasteiger charge is 2.29. The first-order valence-electron chi connectivity index (χ1n) is 9.60. The van der Waals surface area contributed by atoms with Gasteiger partial charge in [0.25, 0.3) is 5.91 Å². The molecule has 4 rings (SSSR count). The number of furan rings is 1. The minimum Gasteiger partial charge on any atom is -0.451 e. The Morgan fingerprint density at radius 3 is 2.45 bits per heavy atom. The molecule has 0 saturated heterocycles. The predicted molar refractivity (Wildman–Crippen MR) is 112 cm³/mol. The van der Waals surface area contributed by atoms with Crippen molar-refractivity contribution < 1.29 is 14.0 Å². The Morgan fingerprint density at radius 1 is 1.00 bits per heavy atom. The van der Waals surface area contributed by atoms with E-state index in [0.29, 0.717) is 22.8 Å². The molecular weight excluding hydrogens is 388 g/mol. The van der Waals surface area contributed by atoms with Crippen LogP contribution in [0.5, 0.6) is 0 Å². The van der Waals surface area contributed by atoms with Crippen LogP contribution in [0.25, 0.3) is 11.3 Å². The molecule has 1 unspecified atom stereocenters. The second-order valence-electron chi connectivity index (χ2n) is 7.14. The average Bonchev–Trinajstić information content (AvgIpc) is 3.40. The van der Waals surface area contributed by atoms with Crippen molar-refractivity contribution in [2.75, 3.05) is 0 Å². The van der Waals surface area contributed by atoms with Gasteiger partial charge in [-0.1, -0.05) is 54.1 Å². The molecular formula is C23H21ClN2O3. The molecule has 0 radical (unpaired) electrons. The molecule has 2 N–H and O–H groups in total. The number of carbonyl (C=O) groups excluding carboxylic acids is 2. The Bertz CT molecular complexity index is 1010. The summed E-state index contributed by atoms with van der Waals surface area (Å²) in [5.74, 6) is 0.0257. The summed E-state index contributed by atoms with van der Waals surface area (Å²) in [7, 11) is 0. The second kappa shape index (κ2) is 8.53. The van der Waals surface area contributed by atoms with E-state index < -0.39 is 11.9 Å². The first kappa shape index (κ1) is 19.3. The SMILES string of the molecule is O=C(NC(Cc1ccccc1)C(=O)NC1CC1)c1ccc(-c2ccccc2Cl)o1. The van der Waals surface area contributed by atoms with Crippen molar-refractivity contribution in [3.8, 4) is 11.3 Å². The van der Waals surface area contributed by atoms with E-state index in [1.165, 1.54) is 0 Å². The standard InChI is InChI=1S/C23H21ClN2O3/c24-18-9-5-4-8-17(18)20-12-13-21(29-20)23(28)26-19(22(27)25-16-10-11-16)14-15-6-2-1-3-7-15/h1-9,12-13,16,19H,10-11,14H2,(H,25,27)(H,26,28). The van der Waals surface area contributed by atoms with Gasteiger partial charge in [0.1, 0.15) is 11.8 Å². The average molecular weight is 409 g/mol. The van der Waals surface area contributed by atoms with Gasteiger partial charge in [-0.15, -0.1) is 0 Å². The molecule has 0 bridgehead atoms. The lowest BCUT2D eigenvalue weighted by atomic mass is 10.0. The molecule has 1 aromatic heterocycles. The summed E-state index contributed by atoms with van der Waals surface area (Å²) in [5, 5.41) is 6.33. The van der Waals surface area contributed by atoms with Gasteiger partial charge in [0.2, 0.25) is 5.91 Å². The zero-order valence-corrected chi connectivity index (χ0v) is 16.5. The first-order chi connectivity index (χ1) is 14.1. The summed E-state index contributed by atoms with van der Waals surface area (Å²) in [6.07, 6.45) is 2.37. The third kappa shape index (κ3) is 4.87. The van der Waals surface area contributed by atoms with Crippen molar-refractivity contribution in [1.29, 1.82) is 0 Å². The molecule has 1 atom stereocenters. The Morgan fingerprint density at radius 2 is 1.72 bits per heavy atom. The smallest absolute Gasteiger partial charge is 0.287 e. The highest BCUT2D eigenvalue weighted by atomic mass is 35.5. The predicted octanol–water partition coefficient (Wildman–Crippen LogP) is 4.22. The highest BCUT2D eigenvalue weighted by molar-refractivity contribution is 6.33.